The summed E-state index contributed by atoms with van der Waals surface area (Å²) in [5.74, 6) is 0.432. The maximum absolute atomic E-state index is 12.7. The number of aromatic nitrogens is 1. The molecule has 0 aliphatic heterocycles. The molecule has 148 valence electrons. The van der Waals surface area contributed by atoms with E-state index in [0.29, 0.717) is 11.4 Å². The zero-order valence-electron chi connectivity index (χ0n) is 16.5. The lowest BCUT2D eigenvalue weighted by atomic mass is 10.1. The molecule has 0 saturated carbocycles. The molecule has 4 aromatic rings. The van der Waals surface area contributed by atoms with Crippen LogP contribution in [0.3, 0.4) is 0 Å². The second-order valence-corrected chi connectivity index (χ2v) is 8.23. The van der Waals surface area contributed by atoms with Crippen LogP contribution in [0.15, 0.2) is 65.5 Å². The summed E-state index contributed by atoms with van der Waals surface area (Å²) < 4.78 is 8.55. The molecule has 0 aliphatic carbocycles. The summed E-state index contributed by atoms with van der Waals surface area (Å²) in [7, 11) is 0. The van der Waals surface area contributed by atoms with Gasteiger partial charge in [-0.2, -0.15) is 0 Å². The predicted molar refractivity (Wildman–Crippen MR) is 119 cm³/mol. The molecule has 0 bridgehead atoms. The highest BCUT2D eigenvalue weighted by atomic mass is 32.1. The molecular formula is C23H22N2O3S. The Morgan fingerprint density at radius 2 is 1.79 bits per heavy atom. The molecule has 1 atom stereocenters. The zero-order chi connectivity index (χ0) is 20.5. The largest absolute Gasteiger partial charge is 0.480 e. The highest BCUT2D eigenvalue weighted by molar-refractivity contribution is 7.16. The molecule has 6 heteroatoms. The van der Waals surface area contributed by atoms with E-state index in [9.17, 15) is 9.59 Å². The first-order chi connectivity index (χ1) is 13.9. The summed E-state index contributed by atoms with van der Waals surface area (Å²) in [5, 5.41) is 4.92. The number of carbonyl (C=O) groups excluding carboxylic acids is 1. The first kappa shape index (κ1) is 19.2. The molecule has 29 heavy (non-hydrogen) atoms. The molecule has 1 N–H and O–H groups in total. The lowest BCUT2D eigenvalue weighted by Crippen LogP contribution is -2.30. The lowest BCUT2D eigenvalue weighted by molar-refractivity contribution is -0.122. The number of benzene rings is 3. The van der Waals surface area contributed by atoms with Crippen molar-refractivity contribution in [2.45, 2.75) is 32.9 Å². The molecule has 1 heterocycles. The van der Waals surface area contributed by atoms with E-state index in [4.69, 9.17) is 4.74 Å². The molecule has 3 aromatic carbocycles. The van der Waals surface area contributed by atoms with E-state index in [1.807, 2.05) is 74.5 Å². The van der Waals surface area contributed by atoms with Crippen LogP contribution in [0.5, 0.6) is 5.75 Å². The van der Waals surface area contributed by atoms with Gasteiger partial charge >= 0.3 is 4.87 Å². The van der Waals surface area contributed by atoms with Gasteiger partial charge in [-0.15, -0.1) is 0 Å². The SMILES string of the molecule is CC(Oc1cccc2ccccc12)C(=O)Nc1ccc2c(c1)sc(=O)n2C(C)C. The van der Waals surface area contributed by atoms with E-state index in [2.05, 4.69) is 5.32 Å². The number of carbonyl (C=O) groups is 1. The van der Waals surface area contributed by atoms with Gasteiger partial charge in [0.1, 0.15) is 5.75 Å². The number of nitrogens with zero attached hydrogens (tertiary/aromatic N) is 1. The van der Waals surface area contributed by atoms with Gasteiger partial charge in [-0.1, -0.05) is 47.7 Å². The van der Waals surface area contributed by atoms with Crippen LogP contribution in [0.1, 0.15) is 26.8 Å². The van der Waals surface area contributed by atoms with Crippen molar-refractivity contribution in [3.05, 3.63) is 70.3 Å². The van der Waals surface area contributed by atoms with Crippen molar-refractivity contribution in [2.75, 3.05) is 5.32 Å². The number of anilines is 1. The van der Waals surface area contributed by atoms with E-state index in [-0.39, 0.29) is 16.8 Å². The summed E-state index contributed by atoms with van der Waals surface area (Å²) in [6.45, 7) is 5.69. The van der Waals surface area contributed by atoms with Gasteiger partial charge in [-0.3, -0.25) is 14.2 Å². The smallest absolute Gasteiger partial charge is 0.308 e. The van der Waals surface area contributed by atoms with E-state index in [1.165, 1.54) is 11.3 Å². The number of hydrogen-bond acceptors (Lipinski definition) is 4. The summed E-state index contributed by atoms with van der Waals surface area (Å²) in [6, 6.07) is 19.3. The van der Waals surface area contributed by atoms with Crippen LogP contribution >= 0.6 is 11.3 Å². The van der Waals surface area contributed by atoms with Gasteiger partial charge in [0.15, 0.2) is 6.10 Å². The van der Waals surface area contributed by atoms with Gasteiger partial charge in [-0.25, -0.2) is 0 Å². The third kappa shape index (κ3) is 3.76. The van der Waals surface area contributed by atoms with E-state index < -0.39 is 6.10 Å². The van der Waals surface area contributed by atoms with Crippen molar-refractivity contribution < 1.29 is 9.53 Å². The monoisotopic (exact) mass is 406 g/mol. The van der Waals surface area contributed by atoms with Crippen LogP contribution in [0.4, 0.5) is 5.69 Å². The molecule has 0 aliphatic rings. The molecular weight excluding hydrogens is 384 g/mol. The molecule has 5 nitrogen and oxygen atoms in total. The van der Waals surface area contributed by atoms with Gasteiger partial charge < -0.3 is 10.1 Å². The molecule has 4 rings (SSSR count). The number of hydrogen-bond donors (Lipinski definition) is 1. The Morgan fingerprint density at radius 1 is 1.03 bits per heavy atom. The molecule has 0 spiro atoms. The molecule has 1 amide bonds. The average Bonchev–Trinajstić information content (AvgIpc) is 3.03. The van der Waals surface area contributed by atoms with Crippen molar-refractivity contribution >= 4 is 43.9 Å². The van der Waals surface area contributed by atoms with Crippen molar-refractivity contribution in [1.29, 1.82) is 0 Å². The van der Waals surface area contributed by atoms with Crippen molar-refractivity contribution in [2.24, 2.45) is 0 Å². The average molecular weight is 407 g/mol. The second kappa shape index (κ2) is 7.72. The van der Waals surface area contributed by atoms with E-state index in [1.54, 1.807) is 11.5 Å². The van der Waals surface area contributed by atoms with Crippen LogP contribution in [-0.4, -0.2) is 16.6 Å². The van der Waals surface area contributed by atoms with Gasteiger partial charge in [0.2, 0.25) is 0 Å². The van der Waals surface area contributed by atoms with Crippen LogP contribution in [0.2, 0.25) is 0 Å². The number of amides is 1. The molecule has 1 aromatic heterocycles. The topological polar surface area (TPSA) is 60.3 Å². The van der Waals surface area contributed by atoms with Gasteiger partial charge in [0, 0.05) is 17.1 Å². The molecule has 1 unspecified atom stereocenters. The van der Waals surface area contributed by atoms with Crippen molar-refractivity contribution in [3.63, 3.8) is 0 Å². The molecule has 0 radical (unpaired) electrons. The third-order valence-electron chi connectivity index (χ3n) is 4.82. The van der Waals surface area contributed by atoms with E-state index >= 15 is 0 Å². The Morgan fingerprint density at radius 3 is 2.59 bits per heavy atom. The fourth-order valence-electron chi connectivity index (χ4n) is 3.39. The molecule has 0 saturated heterocycles. The Balaban J connectivity index is 1.53. The second-order valence-electron chi connectivity index (χ2n) is 7.24. The van der Waals surface area contributed by atoms with Gasteiger partial charge in [0.05, 0.1) is 10.2 Å². The minimum atomic E-state index is -0.671. The summed E-state index contributed by atoms with van der Waals surface area (Å²) in [4.78, 5) is 24.9. The molecule has 0 fully saturated rings. The van der Waals surface area contributed by atoms with Gasteiger partial charge in [0.25, 0.3) is 5.91 Å². The quantitative estimate of drug-likeness (QED) is 0.495. The Kier molecular flexibility index (Phi) is 5.11. The van der Waals surface area contributed by atoms with Crippen LogP contribution in [0.25, 0.3) is 21.0 Å². The first-order valence-electron chi connectivity index (χ1n) is 9.54. The van der Waals surface area contributed by atoms with Crippen molar-refractivity contribution in [1.82, 2.24) is 4.57 Å². The maximum atomic E-state index is 12.7. The summed E-state index contributed by atoms with van der Waals surface area (Å²) in [6.07, 6.45) is -0.671. The minimum Gasteiger partial charge on any atom is -0.480 e. The maximum Gasteiger partial charge on any atom is 0.308 e. The standard InChI is InChI=1S/C23H22N2O3S/c1-14(2)25-19-12-11-17(13-21(19)29-23(25)27)24-22(26)15(3)28-20-10-6-8-16-7-4-5-9-18(16)20/h4-15H,1-3H3,(H,24,26). The lowest BCUT2D eigenvalue weighted by Gasteiger charge is -2.16. The number of thiazole rings is 1. The number of ether oxygens (including phenoxy) is 1. The zero-order valence-corrected chi connectivity index (χ0v) is 17.3. The third-order valence-corrected chi connectivity index (χ3v) is 5.74. The summed E-state index contributed by atoms with van der Waals surface area (Å²) >= 11 is 1.19. The Hall–Kier alpha value is -3.12. The predicted octanol–water partition coefficient (Wildman–Crippen LogP) is 5.20. The Bertz CT molecular complexity index is 1250. The number of fused-ring (bicyclic) bond motifs is 2. The van der Waals surface area contributed by atoms with Crippen LogP contribution < -0.4 is 14.9 Å². The highest BCUT2D eigenvalue weighted by Gasteiger charge is 2.17. The first-order valence-corrected chi connectivity index (χ1v) is 10.4. The highest BCUT2D eigenvalue weighted by Crippen LogP contribution is 2.27. The number of rotatable bonds is 5. The van der Waals surface area contributed by atoms with Crippen molar-refractivity contribution in [3.8, 4) is 5.75 Å². The fraction of sp³-hybridized carbons (Fsp3) is 0.217. The fourth-order valence-corrected chi connectivity index (χ4v) is 4.44. The normalized spacial score (nSPS) is 12.4. The van der Waals surface area contributed by atoms with Gasteiger partial charge in [-0.05, 0) is 50.4 Å². The van der Waals surface area contributed by atoms with Crippen LogP contribution in [0, 0.1) is 0 Å². The summed E-state index contributed by atoms with van der Waals surface area (Å²) in [5.41, 5.74) is 1.53. The van der Waals surface area contributed by atoms with Crippen LogP contribution in [-0.2, 0) is 4.79 Å². The number of nitrogens with one attached hydrogen (secondary N) is 1. The van der Waals surface area contributed by atoms with E-state index in [0.717, 1.165) is 21.0 Å². The minimum absolute atomic E-state index is 0.00568. The Labute approximate surface area is 172 Å².